The van der Waals surface area contributed by atoms with E-state index in [1.807, 2.05) is 0 Å². The predicted molar refractivity (Wildman–Crippen MR) is 85.9 cm³/mol. The number of carbonyl (C=O) groups excluding carboxylic acids is 1. The van der Waals surface area contributed by atoms with Gasteiger partial charge in [0.05, 0.1) is 26.6 Å². The van der Waals surface area contributed by atoms with Crippen LogP contribution in [0.1, 0.15) is 6.42 Å². The van der Waals surface area contributed by atoms with E-state index in [9.17, 15) is 9.18 Å². The highest BCUT2D eigenvalue weighted by Gasteiger charge is 2.34. The second-order valence-electron chi connectivity index (χ2n) is 5.28. The van der Waals surface area contributed by atoms with Crippen molar-refractivity contribution >= 4 is 17.5 Å². The van der Waals surface area contributed by atoms with Gasteiger partial charge in [0.1, 0.15) is 17.5 Å². The number of methoxy groups -OCH3 is 2. The number of benzene rings is 1. The summed E-state index contributed by atoms with van der Waals surface area (Å²) in [5.41, 5.74) is 0.714. The van der Waals surface area contributed by atoms with E-state index in [4.69, 9.17) is 9.47 Å². The van der Waals surface area contributed by atoms with Crippen LogP contribution in [0, 0.1) is 5.82 Å². The van der Waals surface area contributed by atoms with Crippen LogP contribution in [0.3, 0.4) is 0 Å². The molecule has 1 aliphatic heterocycles. The molecular weight excluding hydrogens is 315 g/mol. The van der Waals surface area contributed by atoms with E-state index >= 15 is 0 Å². The Morgan fingerprint density at radius 1 is 1.17 bits per heavy atom. The number of amides is 1. The number of nitrogens with one attached hydrogen (secondary N) is 1. The van der Waals surface area contributed by atoms with Gasteiger partial charge in [-0.05, 0) is 6.42 Å². The monoisotopic (exact) mass is 332 g/mol. The largest absolute Gasteiger partial charge is 0.497 e. The van der Waals surface area contributed by atoms with Gasteiger partial charge < -0.3 is 14.8 Å². The molecule has 1 aromatic heterocycles. The number of nitrogens with zero attached hydrogens (tertiary/aromatic N) is 3. The van der Waals surface area contributed by atoms with Gasteiger partial charge in [0, 0.05) is 30.4 Å². The number of carbonyl (C=O) groups is 1. The molecule has 126 valence electrons. The van der Waals surface area contributed by atoms with Gasteiger partial charge in [-0.3, -0.25) is 9.69 Å². The smallest absolute Gasteiger partial charge is 0.251 e. The lowest BCUT2D eigenvalue weighted by atomic mass is 10.2. The topological polar surface area (TPSA) is 76.6 Å². The molecule has 1 amide bonds. The molecule has 1 aliphatic rings. The van der Waals surface area contributed by atoms with Crippen LogP contribution in [-0.2, 0) is 4.79 Å². The van der Waals surface area contributed by atoms with Gasteiger partial charge in [-0.2, -0.15) is 0 Å². The summed E-state index contributed by atoms with van der Waals surface area (Å²) in [6.45, 7) is 0.462. The Morgan fingerprint density at radius 2 is 1.79 bits per heavy atom. The number of ether oxygens (including phenoxy) is 2. The number of hydrogen-bond donors (Lipinski definition) is 1. The maximum Gasteiger partial charge on any atom is 0.251 e. The van der Waals surface area contributed by atoms with Crippen molar-refractivity contribution in [3.05, 3.63) is 36.4 Å². The summed E-state index contributed by atoms with van der Waals surface area (Å²) >= 11 is 0. The SMILES string of the molecule is COc1cc(NC2CCN(c3ncc(F)cn3)C2=O)cc(OC)c1. The van der Waals surface area contributed by atoms with Gasteiger partial charge in [0.25, 0.3) is 5.91 Å². The Balaban J connectivity index is 1.75. The zero-order chi connectivity index (χ0) is 17.1. The quantitative estimate of drug-likeness (QED) is 0.900. The van der Waals surface area contributed by atoms with E-state index in [2.05, 4.69) is 15.3 Å². The molecule has 1 fully saturated rings. The average molecular weight is 332 g/mol. The molecule has 1 atom stereocenters. The molecule has 2 heterocycles. The summed E-state index contributed by atoms with van der Waals surface area (Å²) in [7, 11) is 3.12. The normalized spacial score (nSPS) is 17.0. The zero-order valence-corrected chi connectivity index (χ0v) is 13.3. The molecule has 8 heteroatoms. The highest BCUT2D eigenvalue weighted by atomic mass is 19.1. The molecule has 1 aromatic carbocycles. The molecule has 7 nitrogen and oxygen atoms in total. The van der Waals surface area contributed by atoms with Crippen LogP contribution in [-0.4, -0.2) is 42.7 Å². The third-order valence-corrected chi connectivity index (χ3v) is 3.75. The number of rotatable bonds is 5. The van der Waals surface area contributed by atoms with Crippen molar-refractivity contribution in [3.63, 3.8) is 0 Å². The fourth-order valence-corrected chi connectivity index (χ4v) is 2.55. The number of aromatic nitrogens is 2. The molecule has 3 rings (SSSR count). The molecule has 0 bridgehead atoms. The highest BCUT2D eigenvalue weighted by molar-refractivity contribution is 5.99. The molecule has 1 saturated heterocycles. The van der Waals surface area contributed by atoms with E-state index < -0.39 is 11.9 Å². The first-order valence-corrected chi connectivity index (χ1v) is 7.39. The van der Waals surface area contributed by atoms with Crippen molar-refractivity contribution in [2.24, 2.45) is 0 Å². The molecule has 2 aromatic rings. The molecule has 24 heavy (non-hydrogen) atoms. The van der Waals surface area contributed by atoms with E-state index in [1.54, 1.807) is 32.4 Å². The molecule has 1 unspecified atom stereocenters. The maximum absolute atomic E-state index is 12.9. The molecule has 0 spiro atoms. The summed E-state index contributed by atoms with van der Waals surface area (Å²) in [6, 6.07) is 4.90. The van der Waals surface area contributed by atoms with Gasteiger partial charge in [0.2, 0.25) is 5.95 Å². The van der Waals surface area contributed by atoms with Crippen molar-refractivity contribution in [1.82, 2.24) is 9.97 Å². The number of hydrogen-bond acceptors (Lipinski definition) is 6. The Kier molecular flexibility index (Phi) is 4.45. The fourth-order valence-electron chi connectivity index (χ4n) is 2.55. The Labute approximate surface area is 138 Å². The van der Waals surface area contributed by atoms with Gasteiger partial charge in [-0.15, -0.1) is 0 Å². The molecule has 0 saturated carbocycles. The van der Waals surface area contributed by atoms with Crippen LogP contribution in [0.25, 0.3) is 0 Å². The van der Waals surface area contributed by atoms with E-state index in [0.29, 0.717) is 30.2 Å². The lowest BCUT2D eigenvalue weighted by Crippen LogP contribution is -2.34. The van der Waals surface area contributed by atoms with Crippen LogP contribution >= 0.6 is 0 Å². The second-order valence-corrected chi connectivity index (χ2v) is 5.28. The van der Waals surface area contributed by atoms with Crippen LogP contribution in [0.15, 0.2) is 30.6 Å². The summed E-state index contributed by atoms with van der Waals surface area (Å²) < 4.78 is 23.4. The zero-order valence-electron chi connectivity index (χ0n) is 13.3. The third kappa shape index (κ3) is 3.22. The van der Waals surface area contributed by atoms with Gasteiger partial charge in [-0.1, -0.05) is 0 Å². The maximum atomic E-state index is 12.9. The number of anilines is 2. The molecular formula is C16H17FN4O3. The van der Waals surface area contributed by atoms with Crippen LogP contribution < -0.4 is 19.7 Å². The number of halogens is 1. The molecule has 0 radical (unpaired) electrons. The Hall–Kier alpha value is -2.90. The molecule has 1 N–H and O–H groups in total. The Morgan fingerprint density at radius 3 is 2.38 bits per heavy atom. The van der Waals surface area contributed by atoms with Gasteiger partial charge in [-0.25, -0.2) is 14.4 Å². The minimum atomic E-state index is -0.538. The summed E-state index contributed by atoms with van der Waals surface area (Å²) in [4.78, 5) is 21.7. The minimum absolute atomic E-state index is 0.164. The second kappa shape index (κ2) is 6.69. The summed E-state index contributed by atoms with van der Waals surface area (Å²) in [6.07, 6.45) is 2.67. The predicted octanol–water partition coefficient (Wildman–Crippen LogP) is 1.85. The van der Waals surface area contributed by atoms with Crippen molar-refractivity contribution in [2.75, 3.05) is 31.0 Å². The van der Waals surface area contributed by atoms with Crippen molar-refractivity contribution < 1.29 is 18.7 Å². The lowest BCUT2D eigenvalue weighted by Gasteiger charge is -2.16. The van der Waals surface area contributed by atoms with Crippen molar-refractivity contribution in [2.45, 2.75) is 12.5 Å². The van der Waals surface area contributed by atoms with E-state index in [-0.39, 0.29) is 11.9 Å². The van der Waals surface area contributed by atoms with Gasteiger partial charge in [0.15, 0.2) is 5.82 Å². The average Bonchev–Trinajstić information content (AvgIpc) is 2.96. The fraction of sp³-hybridized carbons (Fsp3) is 0.312. The standard InChI is InChI=1S/C16H17FN4O3/c1-23-12-5-11(6-13(7-12)24-2)20-14-3-4-21(15(14)22)16-18-8-10(17)9-19-16/h5-9,14,20H,3-4H2,1-2H3. The van der Waals surface area contributed by atoms with E-state index in [0.717, 1.165) is 12.4 Å². The van der Waals surface area contributed by atoms with Crippen molar-refractivity contribution in [1.29, 1.82) is 0 Å². The summed E-state index contributed by atoms with van der Waals surface area (Å²) in [5, 5.41) is 3.17. The van der Waals surface area contributed by atoms with Crippen LogP contribution in [0.2, 0.25) is 0 Å². The van der Waals surface area contributed by atoms with Crippen LogP contribution in [0.4, 0.5) is 16.0 Å². The first-order chi connectivity index (χ1) is 11.6. The third-order valence-electron chi connectivity index (χ3n) is 3.75. The van der Waals surface area contributed by atoms with Crippen molar-refractivity contribution in [3.8, 4) is 11.5 Å². The first kappa shape index (κ1) is 16.0. The van der Waals surface area contributed by atoms with Crippen LogP contribution in [0.5, 0.6) is 11.5 Å². The molecule has 0 aliphatic carbocycles. The Bertz CT molecular complexity index is 716. The lowest BCUT2D eigenvalue weighted by molar-refractivity contribution is -0.117. The van der Waals surface area contributed by atoms with E-state index in [1.165, 1.54) is 4.90 Å². The van der Waals surface area contributed by atoms with Gasteiger partial charge >= 0.3 is 0 Å². The minimum Gasteiger partial charge on any atom is -0.497 e. The summed E-state index contributed by atoms with van der Waals surface area (Å²) in [5.74, 6) is 0.753. The first-order valence-electron chi connectivity index (χ1n) is 7.39. The highest BCUT2D eigenvalue weighted by Crippen LogP contribution is 2.28.